The maximum Gasteiger partial charge on any atom is 0.387 e. The summed E-state index contributed by atoms with van der Waals surface area (Å²) >= 11 is 0. The van der Waals surface area contributed by atoms with Crippen LogP contribution in [0.3, 0.4) is 0 Å². The Balaban J connectivity index is 2.18. The summed E-state index contributed by atoms with van der Waals surface area (Å²) in [5.41, 5.74) is 2.93. The molecule has 0 atom stereocenters. The lowest BCUT2D eigenvalue weighted by Crippen LogP contribution is -2.19. The van der Waals surface area contributed by atoms with E-state index in [2.05, 4.69) is 15.3 Å². The molecule has 0 saturated carbocycles. The summed E-state index contributed by atoms with van der Waals surface area (Å²) in [6, 6.07) is 12.1. The van der Waals surface area contributed by atoms with Gasteiger partial charge in [0.15, 0.2) is 0 Å². The fraction of sp³-hybridized carbons (Fsp3) is 0.125. The number of ether oxygens (including phenoxy) is 1. The number of hydrogen-bond acceptors (Lipinski definition) is 4. The van der Waals surface area contributed by atoms with Gasteiger partial charge in [0.05, 0.1) is 11.3 Å². The van der Waals surface area contributed by atoms with Crippen molar-refractivity contribution in [1.82, 2.24) is 5.43 Å². The van der Waals surface area contributed by atoms with Gasteiger partial charge in [-0.05, 0) is 31.2 Å². The van der Waals surface area contributed by atoms with E-state index in [0.717, 1.165) is 0 Å². The summed E-state index contributed by atoms with van der Waals surface area (Å²) in [6.07, 6.45) is 0. The second kappa shape index (κ2) is 7.35. The first-order valence-corrected chi connectivity index (χ1v) is 6.66. The van der Waals surface area contributed by atoms with Crippen molar-refractivity contribution in [1.29, 1.82) is 0 Å². The van der Waals surface area contributed by atoms with Gasteiger partial charge in [0.1, 0.15) is 11.5 Å². The maximum atomic E-state index is 12.4. The number of aromatic hydroxyl groups is 1. The molecule has 120 valence electrons. The molecule has 23 heavy (non-hydrogen) atoms. The maximum absolute atomic E-state index is 12.4. The first kappa shape index (κ1) is 16.4. The van der Waals surface area contributed by atoms with Gasteiger partial charge in [0, 0.05) is 5.56 Å². The van der Waals surface area contributed by atoms with Crippen molar-refractivity contribution in [2.45, 2.75) is 13.5 Å². The number of benzene rings is 2. The molecule has 7 heteroatoms. The Morgan fingerprint density at radius 3 is 2.39 bits per heavy atom. The van der Waals surface area contributed by atoms with Gasteiger partial charge in [-0.1, -0.05) is 24.3 Å². The molecule has 1 amide bonds. The first-order chi connectivity index (χ1) is 11.0. The van der Waals surface area contributed by atoms with E-state index in [4.69, 9.17) is 0 Å². The van der Waals surface area contributed by atoms with Crippen molar-refractivity contribution in [2.24, 2.45) is 5.10 Å². The number of phenolic OH excluding ortho intramolecular Hbond substituents is 1. The third-order valence-corrected chi connectivity index (χ3v) is 2.97. The van der Waals surface area contributed by atoms with Gasteiger partial charge in [-0.25, -0.2) is 5.43 Å². The lowest BCUT2D eigenvalue weighted by Gasteiger charge is -2.10. The number of alkyl halides is 2. The van der Waals surface area contributed by atoms with E-state index in [1.54, 1.807) is 37.3 Å². The Bertz CT molecular complexity index is 733. The number of hydrazone groups is 1. The second-order valence-electron chi connectivity index (χ2n) is 4.53. The molecule has 0 bridgehead atoms. The number of nitrogens with one attached hydrogen (secondary N) is 1. The number of phenols is 1. The molecule has 2 N–H and O–H groups in total. The van der Waals surface area contributed by atoms with E-state index in [0.29, 0.717) is 5.56 Å². The average molecular weight is 320 g/mol. The number of amides is 1. The van der Waals surface area contributed by atoms with Crippen molar-refractivity contribution < 1.29 is 23.4 Å². The fourth-order valence-corrected chi connectivity index (χ4v) is 1.89. The minimum atomic E-state index is -2.96. The summed E-state index contributed by atoms with van der Waals surface area (Å²) < 4.78 is 29.2. The van der Waals surface area contributed by atoms with Crippen LogP contribution in [0.25, 0.3) is 0 Å². The highest BCUT2D eigenvalue weighted by molar-refractivity contribution is 6.03. The number of carbonyl (C=O) groups excluding carboxylic acids is 1. The third-order valence-electron chi connectivity index (χ3n) is 2.97. The van der Waals surface area contributed by atoms with Crippen LogP contribution in [0, 0.1) is 0 Å². The quantitative estimate of drug-likeness (QED) is 0.657. The van der Waals surface area contributed by atoms with Crippen LogP contribution in [0.15, 0.2) is 53.6 Å². The van der Waals surface area contributed by atoms with Crippen molar-refractivity contribution in [3.8, 4) is 11.5 Å². The number of hydrogen-bond donors (Lipinski definition) is 2. The normalized spacial score (nSPS) is 11.4. The predicted octanol–water partition coefficient (Wildman–Crippen LogP) is 3.15. The minimum absolute atomic E-state index is 0.0412. The van der Waals surface area contributed by atoms with Crippen LogP contribution in [0.5, 0.6) is 11.5 Å². The van der Waals surface area contributed by atoms with Crippen LogP contribution >= 0.6 is 0 Å². The standard InChI is InChI=1S/C16H14F2N2O3/c1-10(11-6-3-5-9-14(11)23-16(17)18)19-20-15(22)12-7-2-4-8-13(12)21/h2-9,16,21H,1H3,(H,20,22)/b19-10+. The molecule has 0 aliphatic heterocycles. The monoisotopic (exact) mass is 320 g/mol. The Kier molecular flexibility index (Phi) is 5.24. The smallest absolute Gasteiger partial charge is 0.387 e. The lowest BCUT2D eigenvalue weighted by atomic mass is 10.1. The zero-order valence-corrected chi connectivity index (χ0v) is 12.2. The van der Waals surface area contributed by atoms with E-state index in [-0.39, 0.29) is 22.8 Å². The van der Waals surface area contributed by atoms with E-state index >= 15 is 0 Å². The Hall–Kier alpha value is -2.96. The second-order valence-corrected chi connectivity index (χ2v) is 4.53. The molecule has 0 radical (unpaired) electrons. The topological polar surface area (TPSA) is 70.9 Å². The number of carbonyl (C=O) groups is 1. The number of rotatable bonds is 5. The van der Waals surface area contributed by atoms with Gasteiger partial charge in [0.25, 0.3) is 5.91 Å². The fourth-order valence-electron chi connectivity index (χ4n) is 1.89. The van der Waals surface area contributed by atoms with Crippen LogP contribution in [0.1, 0.15) is 22.8 Å². The number of halogens is 2. The molecular weight excluding hydrogens is 306 g/mol. The summed E-state index contributed by atoms with van der Waals surface area (Å²) in [5.74, 6) is -0.838. The van der Waals surface area contributed by atoms with Gasteiger partial charge in [0.2, 0.25) is 0 Å². The summed E-state index contributed by atoms with van der Waals surface area (Å²) in [5, 5.41) is 13.5. The SMILES string of the molecule is C/C(=N\NC(=O)c1ccccc1O)c1ccccc1OC(F)F. The van der Waals surface area contributed by atoms with Crippen molar-refractivity contribution in [2.75, 3.05) is 0 Å². The van der Waals surface area contributed by atoms with E-state index in [1.165, 1.54) is 18.2 Å². The van der Waals surface area contributed by atoms with E-state index in [9.17, 15) is 18.7 Å². The highest BCUT2D eigenvalue weighted by atomic mass is 19.3. The molecular formula is C16H14F2N2O3. The highest BCUT2D eigenvalue weighted by Gasteiger charge is 2.13. The van der Waals surface area contributed by atoms with Gasteiger partial charge >= 0.3 is 6.61 Å². The largest absolute Gasteiger partial charge is 0.507 e. The molecule has 5 nitrogen and oxygen atoms in total. The van der Waals surface area contributed by atoms with Crippen LogP contribution < -0.4 is 10.2 Å². The average Bonchev–Trinajstić information content (AvgIpc) is 2.52. The van der Waals surface area contributed by atoms with Crippen LogP contribution in [0.2, 0.25) is 0 Å². The zero-order valence-electron chi connectivity index (χ0n) is 12.2. The first-order valence-electron chi connectivity index (χ1n) is 6.66. The molecule has 0 unspecified atom stereocenters. The van der Waals surface area contributed by atoms with Crippen LogP contribution in [0.4, 0.5) is 8.78 Å². The molecule has 2 rings (SSSR count). The zero-order chi connectivity index (χ0) is 16.8. The summed E-state index contributed by atoms with van der Waals surface area (Å²) in [4.78, 5) is 11.9. The molecule has 0 aromatic heterocycles. The summed E-state index contributed by atoms with van der Waals surface area (Å²) in [7, 11) is 0. The van der Waals surface area contributed by atoms with Crippen molar-refractivity contribution >= 4 is 11.6 Å². The Morgan fingerprint density at radius 1 is 1.13 bits per heavy atom. The van der Waals surface area contributed by atoms with Crippen LogP contribution in [-0.2, 0) is 0 Å². The van der Waals surface area contributed by atoms with Gasteiger partial charge in [-0.2, -0.15) is 13.9 Å². The third kappa shape index (κ3) is 4.26. The molecule has 0 saturated heterocycles. The van der Waals surface area contributed by atoms with E-state index < -0.39 is 12.5 Å². The Morgan fingerprint density at radius 2 is 1.74 bits per heavy atom. The molecule has 0 fully saturated rings. The van der Waals surface area contributed by atoms with Crippen molar-refractivity contribution in [3.63, 3.8) is 0 Å². The van der Waals surface area contributed by atoms with Gasteiger partial charge in [-0.3, -0.25) is 4.79 Å². The van der Waals surface area contributed by atoms with Gasteiger partial charge in [-0.15, -0.1) is 0 Å². The minimum Gasteiger partial charge on any atom is -0.507 e. The number of nitrogens with zero attached hydrogens (tertiary/aromatic N) is 1. The number of para-hydroxylation sites is 2. The Labute approximate surface area is 131 Å². The van der Waals surface area contributed by atoms with Gasteiger partial charge < -0.3 is 9.84 Å². The molecule has 2 aromatic rings. The van der Waals surface area contributed by atoms with Crippen molar-refractivity contribution in [3.05, 3.63) is 59.7 Å². The van der Waals surface area contributed by atoms with E-state index in [1.807, 2.05) is 0 Å². The highest BCUT2D eigenvalue weighted by Crippen LogP contribution is 2.21. The lowest BCUT2D eigenvalue weighted by molar-refractivity contribution is -0.0499. The predicted molar refractivity (Wildman–Crippen MR) is 80.9 cm³/mol. The molecule has 0 aliphatic rings. The molecule has 0 heterocycles. The molecule has 0 spiro atoms. The summed E-state index contributed by atoms with van der Waals surface area (Å²) in [6.45, 7) is -1.42. The molecule has 2 aromatic carbocycles. The molecule has 0 aliphatic carbocycles. The van der Waals surface area contributed by atoms with Crippen LogP contribution in [-0.4, -0.2) is 23.3 Å².